The molecule has 2 aromatic heterocycles. The van der Waals surface area contributed by atoms with Crippen LogP contribution in [0.25, 0.3) is 22.3 Å². The van der Waals surface area contributed by atoms with E-state index in [1.807, 2.05) is 0 Å². The average Bonchev–Trinajstić information content (AvgIpc) is 2.92. The van der Waals surface area contributed by atoms with Gasteiger partial charge < -0.3 is 21.2 Å². The number of nitrogens with two attached hydrogens (primary N) is 2. The van der Waals surface area contributed by atoms with E-state index in [1.54, 1.807) is 0 Å². The fourth-order valence-electron chi connectivity index (χ4n) is 2.73. The zero-order valence-electron chi connectivity index (χ0n) is 14.0. The number of aromatic amines is 1. The van der Waals surface area contributed by atoms with Crippen molar-refractivity contribution < 1.29 is 26.3 Å². The van der Waals surface area contributed by atoms with Crippen LogP contribution in [0.15, 0.2) is 23.1 Å². The van der Waals surface area contributed by atoms with Gasteiger partial charge in [0.1, 0.15) is 17.2 Å². The van der Waals surface area contributed by atoms with Crippen LogP contribution < -0.4 is 16.2 Å². The molecule has 1 aromatic carbocycles. The van der Waals surface area contributed by atoms with Gasteiger partial charge in [-0.25, -0.2) is 8.42 Å². The minimum atomic E-state index is -4.80. The first-order valence-electron chi connectivity index (χ1n) is 7.33. The zero-order chi connectivity index (χ0) is 20.1. The second-order valence-electron chi connectivity index (χ2n) is 5.70. The lowest BCUT2D eigenvalue weighted by atomic mass is 10.0. The number of methoxy groups -OCH3 is 1. The topological polar surface area (TPSA) is 137 Å². The monoisotopic (exact) mass is 401 g/mol. The molecule has 27 heavy (non-hydrogen) atoms. The summed E-state index contributed by atoms with van der Waals surface area (Å²) in [5.74, 6) is -0.797. The highest BCUT2D eigenvalue weighted by Crippen LogP contribution is 2.45. The molecule has 0 spiro atoms. The number of aromatic nitrogens is 3. The fraction of sp³-hybridized carbons (Fsp3) is 0.200. The molecule has 144 valence electrons. The predicted octanol–water partition coefficient (Wildman–Crippen LogP) is 2.22. The lowest BCUT2D eigenvalue weighted by Gasteiger charge is -2.13. The van der Waals surface area contributed by atoms with Crippen LogP contribution in [0.3, 0.4) is 0 Å². The summed E-state index contributed by atoms with van der Waals surface area (Å²) < 4.78 is 69.9. The van der Waals surface area contributed by atoms with Gasteiger partial charge in [-0.05, 0) is 18.2 Å². The second-order valence-corrected chi connectivity index (χ2v) is 7.71. The Bertz CT molecular complexity index is 1160. The highest BCUT2D eigenvalue weighted by molar-refractivity contribution is 7.90. The molecule has 12 heteroatoms. The number of sulfone groups is 1. The Hall–Kier alpha value is -3.02. The molecule has 5 N–H and O–H groups in total. The number of alkyl halides is 3. The van der Waals surface area contributed by atoms with Gasteiger partial charge in [-0.15, -0.1) is 0 Å². The molecule has 0 bridgehead atoms. The smallest absolute Gasteiger partial charge is 0.419 e. The van der Waals surface area contributed by atoms with Crippen molar-refractivity contribution >= 4 is 32.6 Å². The molecule has 8 nitrogen and oxygen atoms in total. The Morgan fingerprint density at radius 2 is 1.85 bits per heavy atom. The number of nitrogens with zero attached hydrogens (tertiary/aromatic N) is 2. The van der Waals surface area contributed by atoms with E-state index < -0.39 is 32.8 Å². The van der Waals surface area contributed by atoms with Crippen LogP contribution in [-0.2, 0) is 16.0 Å². The molecule has 0 saturated heterocycles. The third kappa shape index (κ3) is 3.23. The number of rotatable bonds is 3. The maximum atomic E-state index is 13.8. The van der Waals surface area contributed by atoms with E-state index in [4.69, 9.17) is 16.2 Å². The number of hydrogen-bond donors (Lipinski definition) is 3. The summed E-state index contributed by atoms with van der Waals surface area (Å²) in [5, 5.41) is -0.430. The summed E-state index contributed by atoms with van der Waals surface area (Å²) in [6.07, 6.45) is -3.83. The van der Waals surface area contributed by atoms with Crippen molar-refractivity contribution in [3.63, 3.8) is 0 Å². The van der Waals surface area contributed by atoms with E-state index in [0.29, 0.717) is 0 Å². The van der Waals surface area contributed by atoms with E-state index in [2.05, 4.69) is 15.0 Å². The Labute approximate surface area is 151 Å². The average molecular weight is 401 g/mol. The molecule has 0 aliphatic heterocycles. The van der Waals surface area contributed by atoms with Crippen molar-refractivity contribution in [2.24, 2.45) is 0 Å². The largest absolute Gasteiger partial charge is 0.496 e. The number of nitrogens with one attached hydrogen (secondary N) is 1. The van der Waals surface area contributed by atoms with E-state index >= 15 is 0 Å². The molecule has 0 saturated carbocycles. The van der Waals surface area contributed by atoms with Crippen molar-refractivity contribution in [2.45, 2.75) is 11.1 Å². The first-order valence-corrected chi connectivity index (χ1v) is 9.23. The predicted molar refractivity (Wildman–Crippen MR) is 92.8 cm³/mol. The maximum absolute atomic E-state index is 13.8. The van der Waals surface area contributed by atoms with Gasteiger partial charge in [0.25, 0.3) is 0 Å². The van der Waals surface area contributed by atoms with Crippen LogP contribution in [0.1, 0.15) is 5.56 Å². The Kier molecular flexibility index (Phi) is 4.18. The number of anilines is 2. The first kappa shape index (κ1) is 18.8. The molecule has 0 aliphatic rings. The van der Waals surface area contributed by atoms with Gasteiger partial charge >= 0.3 is 6.18 Å². The number of nitrogen functional groups attached to an aromatic ring is 2. The van der Waals surface area contributed by atoms with Gasteiger partial charge in [-0.3, -0.25) is 0 Å². The number of halogens is 3. The van der Waals surface area contributed by atoms with Crippen LogP contribution in [0.4, 0.5) is 24.9 Å². The number of hydrogen-bond acceptors (Lipinski definition) is 7. The molecule has 3 aromatic rings. The Morgan fingerprint density at radius 1 is 1.19 bits per heavy atom. The van der Waals surface area contributed by atoms with Crippen LogP contribution in [0, 0.1) is 0 Å². The molecule has 0 radical (unpaired) electrons. The molecule has 0 fully saturated rings. The van der Waals surface area contributed by atoms with Crippen LogP contribution in [0.2, 0.25) is 0 Å². The number of benzene rings is 1. The quantitative estimate of drug-likeness (QED) is 0.612. The number of H-pyrrole nitrogens is 1. The normalized spacial score (nSPS) is 12.5. The maximum Gasteiger partial charge on any atom is 0.419 e. The van der Waals surface area contributed by atoms with Gasteiger partial charge in [-0.2, -0.15) is 23.1 Å². The third-order valence-corrected chi connectivity index (χ3v) is 4.96. The molecule has 0 aliphatic carbocycles. The summed E-state index contributed by atoms with van der Waals surface area (Å²) in [5.41, 5.74) is 9.39. The van der Waals surface area contributed by atoms with Crippen LogP contribution in [0.5, 0.6) is 5.75 Å². The van der Waals surface area contributed by atoms with Gasteiger partial charge in [0.2, 0.25) is 5.95 Å². The standard InChI is InChI=1S/C15H14F3N5O3S/c1-26-8-5-6(27(2,24)25)3-4-7(8)11-10(15(16,17)18)9-12(19)22-14(20)23-13(9)21-11/h3-5H,1-2H3,(H5,19,20,21,22,23). The van der Waals surface area contributed by atoms with Gasteiger partial charge in [0.05, 0.1) is 28.6 Å². The SMILES string of the molecule is COc1cc(S(C)(=O)=O)ccc1-c1[nH]c2nc(N)nc(N)c2c1C(F)(F)F. The number of ether oxygens (including phenoxy) is 1. The molecule has 3 rings (SSSR count). The van der Waals surface area contributed by atoms with Gasteiger partial charge in [-0.1, -0.05) is 0 Å². The minimum Gasteiger partial charge on any atom is -0.496 e. The van der Waals surface area contributed by atoms with E-state index in [1.165, 1.54) is 19.2 Å². The van der Waals surface area contributed by atoms with Crippen molar-refractivity contribution in [1.82, 2.24) is 15.0 Å². The molecule has 2 heterocycles. The van der Waals surface area contributed by atoms with Crippen molar-refractivity contribution in [3.8, 4) is 17.0 Å². The van der Waals surface area contributed by atoms with Gasteiger partial charge in [0.15, 0.2) is 9.84 Å². The summed E-state index contributed by atoms with van der Waals surface area (Å²) >= 11 is 0. The lowest BCUT2D eigenvalue weighted by molar-refractivity contribution is -0.135. The Morgan fingerprint density at radius 3 is 2.41 bits per heavy atom. The summed E-state index contributed by atoms with van der Waals surface area (Å²) in [6, 6.07) is 3.53. The minimum absolute atomic E-state index is 0.0202. The van der Waals surface area contributed by atoms with Crippen LogP contribution in [-0.4, -0.2) is 36.7 Å². The Balaban J connectivity index is 2.40. The molecule has 0 amide bonds. The van der Waals surface area contributed by atoms with E-state index in [9.17, 15) is 21.6 Å². The van der Waals surface area contributed by atoms with Crippen LogP contribution >= 0.6 is 0 Å². The molecule has 0 unspecified atom stereocenters. The zero-order valence-corrected chi connectivity index (χ0v) is 14.9. The lowest BCUT2D eigenvalue weighted by Crippen LogP contribution is -2.08. The van der Waals surface area contributed by atoms with Crippen molar-refractivity contribution in [2.75, 3.05) is 24.8 Å². The van der Waals surface area contributed by atoms with Crippen molar-refractivity contribution in [1.29, 1.82) is 0 Å². The number of fused-ring (bicyclic) bond motifs is 1. The summed E-state index contributed by atoms with van der Waals surface area (Å²) in [7, 11) is -2.37. The highest BCUT2D eigenvalue weighted by Gasteiger charge is 2.39. The highest BCUT2D eigenvalue weighted by atomic mass is 32.2. The summed E-state index contributed by atoms with van der Waals surface area (Å²) in [6.45, 7) is 0. The first-order chi connectivity index (χ1) is 12.4. The van der Waals surface area contributed by atoms with Gasteiger partial charge in [0, 0.05) is 11.8 Å². The summed E-state index contributed by atoms with van der Waals surface area (Å²) in [4.78, 5) is 9.79. The van der Waals surface area contributed by atoms with Crippen molar-refractivity contribution in [3.05, 3.63) is 23.8 Å². The third-order valence-electron chi connectivity index (χ3n) is 3.85. The fourth-order valence-corrected chi connectivity index (χ4v) is 3.37. The second kappa shape index (κ2) is 6.01. The molecule has 0 atom stereocenters. The molecular formula is C15H14F3N5O3S. The molecular weight excluding hydrogens is 387 g/mol. The van der Waals surface area contributed by atoms with E-state index in [0.717, 1.165) is 12.3 Å². The van der Waals surface area contributed by atoms with E-state index in [-0.39, 0.29) is 33.5 Å².